The third kappa shape index (κ3) is 3.65. The SMILES string of the molecule is NNC(C1=CCCCO1)c1ccc(OC(F)F)cc1. The predicted octanol–water partition coefficient (Wildman–Crippen LogP) is 2.49. The van der Waals surface area contributed by atoms with E-state index in [1.54, 1.807) is 12.1 Å². The van der Waals surface area contributed by atoms with Crippen LogP contribution in [0.5, 0.6) is 5.75 Å². The lowest BCUT2D eigenvalue weighted by molar-refractivity contribution is -0.0498. The van der Waals surface area contributed by atoms with Gasteiger partial charge in [-0.25, -0.2) is 5.43 Å². The van der Waals surface area contributed by atoms with E-state index in [1.165, 1.54) is 12.1 Å². The zero-order valence-electron chi connectivity index (χ0n) is 10.3. The first-order valence-electron chi connectivity index (χ1n) is 6.04. The summed E-state index contributed by atoms with van der Waals surface area (Å²) in [6.45, 7) is -2.16. The van der Waals surface area contributed by atoms with E-state index in [9.17, 15) is 8.78 Å². The van der Waals surface area contributed by atoms with E-state index in [-0.39, 0.29) is 11.8 Å². The fourth-order valence-electron chi connectivity index (χ4n) is 1.96. The maximum atomic E-state index is 12.1. The maximum absolute atomic E-state index is 12.1. The molecule has 0 aromatic heterocycles. The fraction of sp³-hybridized carbons (Fsp3) is 0.385. The van der Waals surface area contributed by atoms with Crippen LogP contribution in [0.1, 0.15) is 24.4 Å². The quantitative estimate of drug-likeness (QED) is 0.637. The van der Waals surface area contributed by atoms with E-state index in [4.69, 9.17) is 10.6 Å². The second-order valence-corrected chi connectivity index (χ2v) is 4.14. The highest BCUT2D eigenvalue weighted by molar-refractivity contribution is 5.32. The molecule has 0 aliphatic carbocycles. The van der Waals surface area contributed by atoms with Crippen molar-refractivity contribution in [2.45, 2.75) is 25.5 Å². The van der Waals surface area contributed by atoms with Crippen LogP contribution in [0.3, 0.4) is 0 Å². The van der Waals surface area contributed by atoms with Crippen LogP contribution >= 0.6 is 0 Å². The molecule has 19 heavy (non-hydrogen) atoms. The van der Waals surface area contributed by atoms with Crippen molar-refractivity contribution in [3.05, 3.63) is 41.7 Å². The standard InChI is InChI=1S/C13H16F2N2O2/c14-13(15)19-10-6-4-9(5-7-10)12(17-16)11-3-1-2-8-18-11/h3-7,12-13,17H,1-2,8,16H2. The van der Waals surface area contributed by atoms with Crippen LogP contribution in [0.4, 0.5) is 8.78 Å². The van der Waals surface area contributed by atoms with Crippen LogP contribution in [-0.2, 0) is 4.74 Å². The largest absolute Gasteiger partial charge is 0.496 e. The molecule has 1 heterocycles. The summed E-state index contributed by atoms with van der Waals surface area (Å²) in [6, 6.07) is 6.05. The average Bonchev–Trinajstić information content (AvgIpc) is 2.42. The van der Waals surface area contributed by atoms with Gasteiger partial charge in [0.05, 0.1) is 6.61 Å². The summed E-state index contributed by atoms with van der Waals surface area (Å²) < 4.78 is 34.0. The molecule has 0 saturated heterocycles. The highest BCUT2D eigenvalue weighted by Gasteiger charge is 2.18. The van der Waals surface area contributed by atoms with E-state index in [0.29, 0.717) is 6.61 Å². The Morgan fingerprint density at radius 3 is 2.53 bits per heavy atom. The van der Waals surface area contributed by atoms with Crippen LogP contribution in [0.25, 0.3) is 0 Å². The zero-order valence-corrected chi connectivity index (χ0v) is 10.3. The molecule has 1 aromatic rings. The first-order valence-corrected chi connectivity index (χ1v) is 6.04. The Hall–Kier alpha value is -1.66. The first kappa shape index (κ1) is 13.8. The number of halogens is 2. The molecule has 0 fully saturated rings. The molecule has 4 nitrogen and oxygen atoms in total. The lowest BCUT2D eigenvalue weighted by Crippen LogP contribution is -2.31. The van der Waals surface area contributed by atoms with Crippen LogP contribution in [-0.4, -0.2) is 13.2 Å². The maximum Gasteiger partial charge on any atom is 0.387 e. The summed E-state index contributed by atoms with van der Waals surface area (Å²) in [5, 5.41) is 0. The van der Waals surface area contributed by atoms with Gasteiger partial charge in [0.1, 0.15) is 17.6 Å². The van der Waals surface area contributed by atoms with E-state index in [1.807, 2.05) is 6.08 Å². The number of hydrogen-bond acceptors (Lipinski definition) is 4. The molecule has 1 aliphatic rings. The van der Waals surface area contributed by atoms with Crippen molar-refractivity contribution in [1.82, 2.24) is 5.43 Å². The molecule has 1 atom stereocenters. The van der Waals surface area contributed by atoms with Crippen LogP contribution in [0.2, 0.25) is 0 Å². The number of benzene rings is 1. The monoisotopic (exact) mass is 270 g/mol. The Bertz CT molecular complexity index is 435. The van der Waals surface area contributed by atoms with Crippen molar-refractivity contribution in [3.8, 4) is 5.75 Å². The second kappa shape index (κ2) is 6.49. The number of nitrogens with two attached hydrogens (primary N) is 1. The Morgan fingerprint density at radius 2 is 2.00 bits per heavy atom. The van der Waals surface area contributed by atoms with E-state index < -0.39 is 6.61 Å². The minimum Gasteiger partial charge on any atom is -0.496 e. The number of alkyl halides is 2. The molecular formula is C13H16F2N2O2. The molecule has 1 aliphatic heterocycles. The number of hydrazine groups is 1. The molecule has 2 rings (SSSR count). The molecular weight excluding hydrogens is 254 g/mol. The minimum atomic E-state index is -2.82. The third-order valence-electron chi connectivity index (χ3n) is 2.85. The molecule has 1 aromatic carbocycles. The van der Waals surface area contributed by atoms with Crippen LogP contribution in [0, 0.1) is 0 Å². The molecule has 0 bridgehead atoms. The summed E-state index contributed by atoms with van der Waals surface area (Å²) in [7, 11) is 0. The summed E-state index contributed by atoms with van der Waals surface area (Å²) >= 11 is 0. The van der Waals surface area contributed by atoms with E-state index in [0.717, 1.165) is 24.2 Å². The van der Waals surface area contributed by atoms with Crippen molar-refractivity contribution in [2.24, 2.45) is 5.84 Å². The third-order valence-corrected chi connectivity index (χ3v) is 2.85. The van der Waals surface area contributed by atoms with Gasteiger partial charge in [-0.2, -0.15) is 8.78 Å². The number of ether oxygens (including phenoxy) is 2. The summed E-state index contributed by atoms with van der Waals surface area (Å²) in [6.07, 6.45) is 3.92. The molecule has 3 N–H and O–H groups in total. The highest BCUT2D eigenvalue weighted by atomic mass is 19.3. The Kier molecular flexibility index (Phi) is 4.70. The van der Waals surface area contributed by atoms with Crippen molar-refractivity contribution >= 4 is 0 Å². The summed E-state index contributed by atoms with van der Waals surface area (Å²) in [5.41, 5.74) is 3.50. The van der Waals surface area contributed by atoms with Crippen molar-refractivity contribution in [2.75, 3.05) is 6.61 Å². The molecule has 0 radical (unpaired) electrons. The molecule has 1 unspecified atom stereocenters. The molecule has 104 valence electrons. The fourth-order valence-corrected chi connectivity index (χ4v) is 1.96. The lowest BCUT2D eigenvalue weighted by Gasteiger charge is -2.23. The van der Waals surface area contributed by atoms with Gasteiger partial charge in [-0.15, -0.1) is 0 Å². The smallest absolute Gasteiger partial charge is 0.387 e. The van der Waals surface area contributed by atoms with Gasteiger partial charge in [-0.1, -0.05) is 12.1 Å². The number of hydrogen-bond donors (Lipinski definition) is 2. The first-order chi connectivity index (χ1) is 9.20. The van der Waals surface area contributed by atoms with Gasteiger partial charge in [-0.05, 0) is 36.6 Å². The Labute approximate surface area is 110 Å². The molecule has 0 amide bonds. The molecule has 0 spiro atoms. The van der Waals surface area contributed by atoms with Crippen LogP contribution < -0.4 is 16.0 Å². The Morgan fingerprint density at radius 1 is 1.26 bits per heavy atom. The topological polar surface area (TPSA) is 56.5 Å². The lowest BCUT2D eigenvalue weighted by atomic mass is 10.0. The highest BCUT2D eigenvalue weighted by Crippen LogP contribution is 2.27. The average molecular weight is 270 g/mol. The summed E-state index contributed by atoms with van der Waals surface area (Å²) in [5.74, 6) is 6.41. The van der Waals surface area contributed by atoms with Crippen molar-refractivity contribution in [1.29, 1.82) is 0 Å². The normalized spacial score (nSPS) is 16.7. The molecule has 0 saturated carbocycles. The number of nitrogens with one attached hydrogen (secondary N) is 1. The van der Waals surface area contributed by atoms with Crippen molar-refractivity contribution in [3.63, 3.8) is 0 Å². The van der Waals surface area contributed by atoms with E-state index >= 15 is 0 Å². The van der Waals surface area contributed by atoms with Gasteiger partial charge >= 0.3 is 6.61 Å². The van der Waals surface area contributed by atoms with Gasteiger partial charge in [0, 0.05) is 0 Å². The predicted molar refractivity (Wildman–Crippen MR) is 66.4 cm³/mol. The van der Waals surface area contributed by atoms with Crippen LogP contribution in [0.15, 0.2) is 36.1 Å². The van der Waals surface area contributed by atoms with Crippen molar-refractivity contribution < 1.29 is 18.3 Å². The van der Waals surface area contributed by atoms with Gasteiger partial charge in [0.2, 0.25) is 0 Å². The summed E-state index contributed by atoms with van der Waals surface area (Å²) in [4.78, 5) is 0. The Balaban J connectivity index is 2.12. The van der Waals surface area contributed by atoms with Gasteiger partial charge in [0.25, 0.3) is 0 Å². The number of rotatable bonds is 5. The minimum absolute atomic E-state index is 0.119. The number of allylic oxidation sites excluding steroid dienone is 1. The zero-order chi connectivity index (χ0) is 13.7. The van der Waals surface area contributed by atoms with Gasteiger partial charge < -0.3 is 9.47 Å². The second-order valence-electron chi connectivity index (χ2n) is 4.14. The van der Waals surface area contributed by atoms with E-state index in [2.05, 4.69) is 10.2 Å². The van der Waals surface area contributed by atoms with Gasteiger partial charge in [-0.3, -0.25) is 5.84 Å². The molecule has 6 heteroatoms. The van der Waals surface area contributed by atoms with Gasteiger partial charge in [0.15, 0.2) is 0 Å².